The van der Waals surface area contributed by atoms with Crippen molar-refractivity contribution in [3.05, 3.63) is 25.0 Å². The number of hydrogen-bond acceptors (Lipinski definition) is 3. The molecular weight excluding hydrogens is 144 g/mol. The molecule has 0 heterocycles. The van der Waals surface area contributed by atoms with E-state index in [4.69, 9.17) is 9.47 Å². The molecule has 0 bridgehead atoms. The van der Waals surface area contributed by atoms with E-state index in [0.717, 1.165) is 0 Å². The van der Waals surface area contributed by atoms with Crippen LogP contribution in [0.4, 0.5) is 0 Å². The predicted octanol–water partition coefficient (Wildman–Crippen LogP) is 1.61. The Balaban J connectivity index is 3.74. The summed E-state index contributed by atoms with van der Waals surface area (Å²) < 4.78 is 9.46. The molecule has 0 radical (unpaired) electrons. The molecule has 1 atom stereocenters. The summed E-state index contributed by atoms with van der Waals surface area (Å²) in [6.45, 7) is 9.90. The summed E-state index contributed by atoms with van der Waals surface area (Å²) in [5, 5.41) is 0. The van der Waals surface area contributed by atoms with Crippen molar-refractivity contribution in [3.8, 4) is 0 Å². The van der Waals surface area contributed by atoms with Gasteiger partial charge in [0.25, 0.3) is 0 Å². The molecule has 0 saturated carbocycles. The number of hydrogen-bond donors (Lipinski definition) is 0. The van der Waals surface area contributed by atoms with Crippen LogP contribution in [0.2, 0.25) is 0 Å². The number of rotatable bonds is 4. The van der Waals surface area contributed by atoms with Gasteiger partial charge in [-0.25, -0.2) is 4.79 Å². The molecule has 0 spiro atoms. The Morgan fingerprint density at radius 3 is 2.55 bits per heavy atom. The highest BCUT2D eigenvalue weighted by Crippen LogP contribution is 1.99. The lowest BCUT2D eigenvalue weighted by atomic mass is 10.4. The van der Waals surface area contributed by atoms with Gasteiger partial charge < -0.3 is 9.47 Å². The van der Waals surface area contributed by atoms with E-state index in [9.17, 15) is 4.79 Å². The highest BCUT2D eigenvalue weighted by Gasteiger charge is 2.08. The zero-order valence-corrected chi connectivity index (χ0v) is 6.79. The Hall–Kier alpha value is -1.25. The smallest absolute Gasteiger partial charge is 0.336 e. The van der Waals surface area contributed by atoms with Crippen LogP contribution in [0, 0.1) is 0 Å². The van der Waals surface area contributed by atoms with Crippen molar-refractivity contribution in [2.75, 3.05) is 0 Å². The molecule has 0 saturated heterocycles. The lowest BCUT2D eigenvalue weighted by molar-refractivity contribution is -0.160. The molecule has 62 valence electrons. The van der Waals surface area contributed by atoms with Crippen molar-refractivity contribution in [3.63, 3.8) is 0 Å². The van der Waals surface area contributed by atoms with Crippen LogP contribution in [-0.4, -0.2) is 12.3 Å². The first-order chi connectivity index (χ1) is 5.07. The minimum Gasteiger partial charge on any atom is -0.463 e. The molecule has 1 unspecified atom stereocenters. The van der Waals surface area contributed by atoms with Crippen molar-refractivity contribution >= 4 is 5.97 Å². The Labute approximate surface area is 66.3 Å². The standard InChI is InChI=1S/C8H12O3/c1-5-10-7(4)11-8(9)6(2)3/h5,7H,1-2H2,3-4H3. The van der Waals surface area contributed by atoms with E-state index in [-0.39, 0.29) is 0 Å². The second-order valence-electron chi connectivity index (χ2n) is 2.06. The average Bonchev–Trinajstić information content (AvgIpc) is 1.87. The number of esters is 1. The van der Waals surface area contributed by atoms with Gasteiger partial charge in [-0.2, -0.15) is 0 Å². The predicted molar refractivity (Wildman–Crippen MR) is 41.7 cm³/mol. The fraction of sp³-hybridized carbons (Fsp3) is 0.375. The molecule has 3 nitrogen and oxygen atoms in total. The Morgan fingerprint density at radius 1 is 1.64 bits per heavy atom. The van der Waals surface area contributed by atoms with E-state index in [2.05, 4.69) is 13.2 Å². The Bertz CT molecular complexity index is 172. The molecule has 0 aliphatic carbocycles. The summed E-state index contributed by atoms with van der Waals surface area (Å²) in [4.78, 5) is 10.8. The van der Waals surface area contributed by atoms with Crippen molar-refractivity contribution in [1.82, 2.24) is 0 Å². The number of ether oxygens (including phenoxy) is 2. The first kappa shape index (κ1) is 9.75. The van der Waals surface area contributed by atoms with Crippen molar-refractivity contribution < 1.29 is 14.3 Å². The molecule has 0 aliphatic rings. The van der Waals surface area contributed by atoms with Crippen LogP contribution in [0.1, 0.15) is 13.8 Å². The second-order valence-corrected chi connectivity index (χ2v) is 2.06. The zero-order valence-electron chi connectivity index (χ0n) is 6.79. The summed E-state index contributed by atoms with van der Waals surface area (Å²) in [5.74, 6) is -0.459. The third kappa shape index (κ3) is 4.19. The third-order valence-electron chi connectivity index (χ3n) is 0.909. The van der Waals surface area contributed by atoms with Crippen LogP contribution in [0.5, 0.6) is 0 Å². The van der Waals surface area contributed by atoms with Gasteiger partial charge in [-0.05, 0) is 6.92 Å². The third-order valence-corrected chi connectivity index (χ3v) is 0.909. The zero-order chi connectivity index (χ0) is 8.85. The Morgan fingerprint density at radius 2 is 2.18 bits per heavy atom. The Kier molecular flexibility index (Phi) is 4.03. The number of carbonyl (C=O) groups excluding carboxylic acids is 1. The molecule has 0 N–H and O–H groups in total. The normalized spacial score (nSPS) is 11.5. The summed E-state index contributed by atoms with van der Waals surface area (Å²) in [6, 6.07) is 0. The van der Waals surface area contributed by atoms with Gasteiger partial charge in [-0.1, -0.05) is 13.2 Å². The van der Waals surface area contributed by atoms with Crippen LogP contribution in [0.15, 0.2) is 25.0 Å². The van der Waals surface area contributed by atoms with Crippen LogP contribution < -0.4 is 0 Å². The summed E-state index contributed by atoms with van der Waals surface area (Å²) in [6.07, 6.45) is 0.618. The van der Waals surface area contributed by atoms with Crippen molar-refractivity contribution in [2.24, 2.45) is 0 Å². The van der Waals surface area contributed by atoms with E-state index < -0.39 is 12.3 Å². The summed E-state index contributed by atoms with van der Waals surface area (Å²) in [5.41, 5.74) is 0.351. The molecule has 0 rings (SSSR count). The van der Waals surface area contributed by atoms with E-state index >= 15 is 0 Å². The van der Waals surface area contributed by atoms with Gasteiger partial charge in [0.2, 0.25) is 6.29 Å². The molecule has 3 heteroatoms. The van der Waals surface area contributed by atoms with E-state index in [1.165, 1.54) is 6.26 Å². The molecule has 11 heavy (non-hydrogen) atoms. The number of carbonyl (C=O) groups is 1. The van der Waals surface area contributed by atoms with Gasteiger partial charge in [0.1, 0.15) is 0 Å². The average molecular weight is 156 g/mol. The first-order valence-electron chi connectivity index (χ1n) is 3.20. The molecule has 0 aromatic rings. The highest BCUT2D eigenvalue weighted by atomic mass is 16.7. The molecule has 0 aromatic heterocycles. The van der Waals surface area contributed by atoms with Crippen LogP contribution in [-0.2, 0) is 14.3 Å². The van der Waals surface area contributed by atoms with Gasteiger partial charge in [0.05, 0.1) is 6.26 Å². The minimum atomic E-state index is -0.600. The van der Waals surface area contributed by atoms with E-state index in [1.807, 2.05) is 0 Å². The molecule has 0 amide bonds. The topological polar surface area (TPSA) is 35.5 Å². The fourth-order valence-electron chi connectivity index (χ4n) is 0.415. The van der Waals surface area contributed by atoms with E-state index in [0.29, 0.717) is 5.57 Å². The van der Waals surface area contributed by atoms with Gasteiger partial charge in [-0.3, -0.25) is 0 Å². The summed E-state index contributed by atoms with van der Waals surface area (Å²) in [7, 11) is 0. The van der Waals surface area contributed by atoms with E-state index in [1.54, 1.807) is 13.8 Å². The highest BCUT2D eigenvalue weighted by molar-refractivity contribution is 5.86. The van der Waals surface area contributed by atoms with Crippen LogP contribution >= 0.6 is 0 Å². The second kappa shape index (κ2) is 4.55. The first-order valence-corrected chi connectivity index (χ1v) is 3.20. The molecule has 0 aromatic carbocycles. The maximum atomic E-state index is 10.8. The van der Waals surface area contributed by atoms with Crippen LogP contribution in [0.25, 0.3) is 0 Å². The van der Waals surface area contributed by atoms with Gasteiger partial charge >= 0.3 is 5.97 Å². The quantitative estimate of drug-likeness (QED) is 0.268. The largest absolute Gasteiger partial charge is 0.463 e. The van der Waals surface area contributed by atoms with Crippen LogP contribution in [0.3, 0.4) is 0 Å². The minimum absolute atomic E-state index is 0.351. The monoisotopic (exact) mass is 156 g/mol. The SMILES string of the molecule is C=COC(C)OC(=O)C(=C)C. The van der Waals surface area contributed by atoms with Crippen molar-refractivity contribution in [2.45, 2.75) is 20.1 Å². The van der Waals surface area contributed by atoms with Gasteiger partial charge in [-0.15, -0.1) is 0 Å². The van der Waals surface area contributed by atoms with Gasteiger partial charge in [0.15, 0.2) is 0 Å². The maximum Gasteiger partial charge on any atom is 0.336 e. The fourth-order valence-corrected chi connectivity index (χ4v) is 0.415. The lowest BCUT2D eigenvalue weighted by Gasteiger charge is -2.11. The molecule has 0 aliphatic heterocycles. The lowest BCUT2D eigenvalue weighted by Crippen LogP contribution is -2.16. The molecule has 0 fully saturated rings. The van der Waals surface area contributed by atoms with Crippen molar-refractivity contribution in [1.29, 1.82) is 0 Å². The summed E-state index contributed by atoms with van der Waals surface area (Å²) >= 11 is 0. The van der Waals surface area contributed by atoms with Gasteiger partial charge in [0, 0.05) is 12.5 Å². The maximum absolute atomic E-state index is 10.8. The molecular formula is C8H12O3.